The first-order chi connectivity index (χ1) is 14.1. The smallest absolute Gasteiger partial charge is 0.406 e. The second kappa shape index (κ2) is 8.93. The maximum Gasteiger partial charge on any atom is 0.573 e. The Kier molecular flexibility index (Phi) is 6.52. The molecule has 10 heteroatoms. The summed E-state index contributed by atoms with van der Waals surface area (Å²) in [7, 11) is 0. The molecule has 2 unspecified atom stereocenters. The third kappa shape index (κ3) is 5.43. The van der Waals surface area contributed by atoms with Crippen molar-refractivity contribution in [3.05, 3.63) is 59.1 Å². The van der Waals surface area contributed by atoms with Crippen molar-refractivity contribution in [1.82, 2.24) is 5.32 Å². The number of amides is 2. The third-order valence-corrected chi connectivity index (χ3v) is 4.88. The van der Waals surface area contributed by atoms with Gasteiger partial charge in [-0.2, -0.15) is 0 Å². The molecule has 2 atom stereocenters. The van der Waals surface area contributed by atoms with Crippen molar-refractivity contribution in [3.8, 4) is 5.75 Å². The molecule has 0 aromatic heterocycles. The fourth-order valence-electron chi connectivity index (χ4n) is 3.13. The molecule has 160 valence electrons. The standard InChI is InChI=1S/C20H18ClF3N2O4/c21-13-3-5-14(6-4-13)26-10-9-16(19(26)29)18(28)25-11-17(27)12-1-7-15(8-2-12)30-20(22,23)24/h1-8,16-17,27H,9-11H2,(H,25,28). The second-order valence-electron chi connectivity index (χ2n) is 6.69. The van der Waals surface area contributed by atoms with Crippen LogP contribution >= 0.6 is 11.6 Å². The third-order valence-electron chi connectivity index (χ3n) is 4.63. The molecule has 0 spiro atoms. The highest BCUT2D eigenvalue weighted by atomic mass is 35.5. The van der Waals surface area contributed by atoms with Crippen LogP contribution in [0.2, 0.25) is 5.02 Å². The molecule has 1 heterocycles. The fraction of sp³-hybridized carbons (Fsp3) is 0.300. The van der Waals surface area contributed by atoms with Gasteiger partial charge in [-0.25, -0.2) is 0 Å². The van der Waals surface area contributed by atoms with E-state index >= 15 is 0 Å². The van der Waals surface area contributed by atoms with Crippen molar-refractivity contribution in [1.29, 1.82) is 0 Å². The van der Waals surface area contributed by atoms with Gasteiger partial charge in [-0.1, -0.05) is 23.7 Å². The van der Waals surface area contributed by atoms with Crippen molar-refractivity contribution in [3.63, 3.8) is 0 Å². The van der Waals surface area contributed by atoms with Gasteiger partial charge in [0.05, 0.1) is 6.10 Å². The number of aliphatic hydroxyl groups excluding tert-OH is 1. The van der Waals surface area contributed by atoms with Gasteiger partial charge < -0.3 is 20.1 Å². The minimum absolute atomic E-state index is 0.191. The number of alkyl halides is 3. The number of ether oxygens (including phenoxy) is 1. The first-order valence-corrected chi connectivity index (χ1v) is 9.40. The summed E-state index contributed by atoms with van der Waals surface area (Å²) >= 11 is 5.84. The Balaban J connectivity index is 1.54. The Morgan fingerprint density at radius 3 is 2.43 bits per heavy atom. The van der Waals surface area contributed by atoms with Gasteiger partial charge >= 0.3 is 6.36 Å². The van der Waals surface area contributed by atoms with E-state index in [9.17, 15) is 27.9 Å². The van der Waals surface area contributed by atoms with Gasteiger partial charge in [-0.3, -0.25) is 9.59 Å². The molecule has 1 aliphatic rings. The Labute approximate surface area is 175 Å². The minimum atomic E-state index is -4.80. The topological polar surface area (TPSA) is 78.9 Å². The summed E-state index contributed by atoms with van der Waals surface area (Å²) in [6.07, 6.45) is -5.63. The number of hydrogen-bond acceptors (Lipinski definition) is 4. The molecule has 2 aromatic carbocycles. The Hall–Kier alpha value is -2.78. The molecule has 2 aromatic rings. The zero-order chi connectivity index (χ0) is 21.9. The van der Waals surface area contributed by atoms with Gasteiger partial charge in [-0.05, 0) is 48.4 Å². The number of carbonyl (C=O) groups excluding carboxylic acids is 2. The number of carbonyl (C=O) groups is 2. The van der Waals surface area contributed by atoms with E-state index < -0.39 is 30.0 Å². The zero-order valence-corrected chi connectivity index (χ0v) is 16.3. The van der Waals surface area contributed by atoms with Crippen molar-refractivity contribution >= 4 is 29.1 Å². The van der Waals surface area contributed by atoms with E-state index in [1.165, 1.54) is 17.0 Å². The van der Waals surface area contributed by atoms with Gasteiger partial charge in [0.2, 0.25) is 11.8 Å². The lowest BCUT2D eigenvalue weighted by atomic mass is 10.1. The lowest BCUT2D eigenvalue weighted by Gasteiger charge is -2.17. The van der Waals surface area contributed by atoms with Crippen LogP contribution in [0.3, 0.4) is 0 Å². The monoisotopic (exact) mass is 442 g/mol. The number of anilines is 1. The molecule has 1 saturated heterocycles. The average Bonchev–Trinajstić information content (AvgIpc) is 3.07. The van der Waals surface area contributed by atoms with Gasteiger partial charge in [0.15, 0.2) is 0 Å². The Bertz CT molecular complexity index is 904. The van der Waals surface area contributed by atoms with Crippen molar-refractivity contribution in [2.45, 2.75) is 18.9 Å². The highest BCUT2D eigenvalue weighted by molar-refractivity contribution is 6.30. The van der Waals surface area contributed by atoms with Crippen molar-refractivity contribution in [2.75, 3.05) is 18.0 Å². The summed E-state index contributed by atoms with van der Waals surface area (Å²) in [6, 6.07) is 11.4. The number of rotatable bonds is 6. The summed E-state index contributed by atoms with van der Waals surface area (Å²) in [4.78, 5) is 26.5. The van der Waals surface area contributed by atoms with Crippen LogP contribution in [0.5, 0.6) is 5.75 Å². The minimum Gasteiger partial charge on any atom is -0.406 e. The van der Waals surface area contributed by atoms with Crippen molar-refractivity contribution < 1.29 is 32.6 Å². The summed E-state index contributed by atoms with van der Waals surface area (Å²) < 4.78 is 40.3. The molecular weight excluding hydrogens is 425 g/mol. The van der Waals surface area contributed by atoms with Crippen molar-refractivity contribution in [2.24, 2.45) is 5.92 Å². The van der Waals surface area contributed by atoms with E-state index in [1.807, 2.05) is 0 Å². The molecule has 6 nitrogen and oxygen atoms in total. The Morgan fingerprint density at radius 1 is 1.20 bits per heavy atom. The van der Waals surface area contributed by atoms with Gasteiger partial charge in [0, 0.05) is 23.8 Å². The fourth-order valence-corrected chi connectivity index (χ4v) is 3.26. The Morgan fingerprint density at radius 2 is 1.83 bits per heavy atom. The maximum atomic E-state index is 12.6. The molecule has 2 N–H and O–H groups in total. The molecule has 0 bridgehead atoms. The number of aliphatic hydroxyl groups is 1. The number of nitrogens with zero attached hydrogens (tertiary/aromatic N) is 1. The number of benzene rings is 2. The number of halogens is 4. The van der Waals surface area contributed by atoms with E-state index in [0.717, 1.165) is 12.1 Å². The molecule has 0 saturated carbocycles. The SMILES string of the molecule is O=C(NCC(O)c1ccc(OC(F)(F)F)cc1)C1CCN(c2ccc(Cl)cc2)C1=O. The quantitative estimate of drug-likeness (QED) is 0.672. The largest absolute Gasteiger partial charge is 0.573 e. The van der Waals surface area contributed by atoms with Crippen LogP contribution in [0.1, 0.15) is 18.1 Å². The highest BCUT2D eigenvalue weighted by Crippen LogP contribution is 2.27. The predicted octanol–water partition coefficient (Wildman–Crippen LogP) is 3.44. The van der Waals surface area contributed by atoms with Gasteiger partial charge in [0.25, 0.3) is 0 Å². The molecule has 1 aliphatic heterocycles. The van der Waals surface area contributed by atoms with Gasteiger partial charge in [-0.15, -0.1) is 13.2 Å². The summed E-state index contributed by atoms with van der Waals surface area (Å²) in [6.45, 7) is 0.185. The van der Waals surface area contributed by atoms with E-state index in [0.29, 0.717) is 29.2 Å². The predicted molar refractivity (Wildman–Crippen MR) is 103 cm³/mol. The van der Waals surface area contributed by atoms with Crippen LogP contribution in [0.15, 0.2) is 48.5 Å². The van der Waals surface area contributed by atoms with E-state index in [1.54, 1.807) is 24.3 Å². The average molecular weight is 443 g/mol. The molecule has 0 aliphatic carbocycles. The van der Waals surface area contributed by atoms with Crippen LogP contribution < -0.4 is 15.0 Å². The van der Waals surface area contributed by atoms with Crippen LogP contribution in [-0.2, 0) is 9.59 Å². The van der Waals surface area contributed by atoms with E-state index in [4.69, 9.17) is 11.6 Å². The molecule has 30 heavy (non-hydrogen) atoms. The molecule has 2 amide bonds. The first kappa shape index (κ1) is 21.9. The van der Waals surface area contributed by atoms with E-state index in [-0.39, 0.29) is 12.5 Å². The van der Waals surface area contributed by atoms with Crippen LogP contribution in [0.25, 0.3) is 0 Å². The summed E-state index contributed by atoms with van der Waals surface area (Å²) in [5.41, 5.74) is 0.936. The van der Waals surface area contributed by atoms with Crippen LogP contribution in [-0.4, -0.2) is 36.4 Å². The lowest BCUT2D eigenvalue weighted by molar-refractivity contribution is -0.274. The van der Waals surface area contributed by atoms with E-state index in [2.05, 4.69) is 10.1 Å². The van der Waals surface area contributed by atoms with Gasteiger partial charge in [0.1, 0.15) is 11.7 Å². The molecule has 1 fully saturated rings. The number of nitrogens with one attached hydrogen (secondary N) is 1. The summed E-state index contributed by atoms with van der Waals surface area (Å²) in [5, 5.41) is 13.2. The number of hydrogen-bond donors (Lipinski definition) is 2. The second-order valence-corrected chi connectivity index (χ2v) is 7.12. The lowest BCUT2D eigenvalue weighted by Crippen LogP contribution is -2.38. The normalized spacial score (nSPS) is 17.7. The highest BCUT2D eigenvalue weighted by Gasteiger charge is 2.37. The maximum absolute atomic E-state index is 12.6. The van der Waals surface area contributed by atoms with Crippen LogP contribution in [0.4, 0.5) is 18.9 Å². The first-order valence-electron chi connectivity index (χ1n) is 9.02. The molecule has 0 radical (unpaired) electrons. The van der Waals surface area contributed by atoms with Crippen LogP contribution in [0, 0.1) is 5.92 Å². The molecule has 3 rings (SSSR count). The summed E-state index contributed by atoms with van der Waals surface area (Å²) in [5.74, 6) is -2.16. The molecular formula is C20H18ClF3N2O4. The zero-order valence-electron chi connectivity index (χ0n) is 15.5.